The molecule has 4 aliphatic rings. The van der Waals surface area contributed by atoms with E-state index in [1.165, 1.54) is 6.92 Å². The van der Waals surface area contributed by atoms with Gasteiger partial charge in [0.2, 0.25) is 0 Å². The van der Waals surface area contributed by atoms with E-state index in [-0.39, 0.29) is 34.8 Å². The van der Waals surface area contributed by atoms with E-state index in [2.05, 4.69) is 6.92 Å². The number of fused-ring (bicyclic) bond motifs is 1. The van der Waals surface area contributed by atoms with Gasteiger partial charge in [-0.3, -0.25) is 9.59 Å². The Balaban J connectivity index is 1.83. The lowest BCUT2D eigenvalue weighted by Crippen LogP contribution is -2.33. The van der Waals surface area contributed by atoms with Gasteiger partial charge in [0.05, 0.1) is 12.5 Å². The highest BCUT2D eigenvalue weighted by Gasteiger charge is 2.84. The molecular weight excluding hydrogens is 196 g/mol. The zero-order valence-electron chi connectivity index (χ0n) is 8.91. The molecule has 2 heterocycles. The quantitative estimate of drug-likeness (QED) is 0.635. The Morgan fingerprint density at radius 3 is 2.87 bits per heavy atom. The monoisotopic (exact) mass is 210 g/mol. The summed E-state index contributed by atoms with van der Waals surface area (Å²) in [6, 6.07) is 0. The molecule has 4 bridgehead atoms. The van der Waals surface area contributed by atoms with E-state index in [4.69, 9.17) is 9.47 Å². The van der Waals surface area contributed by atoms with Crippen molar-refractivity contribution < 1.29 is 19.1 Å². The second-order valence-corrected chi connectivity index (χ2v) is 5.25. The minimum absolute atomic E-state index is 0.0302. The van der Waals surface area contributed by atoms with Gasteiger partial charge in [0.15, 0.2) is 0 Å². The van der Waals surface area contributed by atoms with Crippen molar-refractivity contribution in [1.82, 2.24) is 0 Å². The Hall–Kier alpha value is -1.06. The molecule has 82 valence electrons. The Labute approximate surface area is 87.9 Å². The maximum Gasteiger partial charge on any atom is 0.310 e. The van der Waals surface area contributed by atoms with Gasteiger partial charge in [0.1, 0.15) is 6.10 Å². The van der Waals surface area contributed by atoms with Crippen molar-refractivity contribution in [2.24, 2.45) is 16.7 Å². The first-order valence-electron chi connectivity index (χ1n) is 5.33. The lowest BCUT2D eigenvalue weighted by Gasteiger charge is -2.26. The number of esters is 2. The molecule has 0 aromatic heterocycles. The van der Waals surface area contributed by atoms with Crippen LogP contribution >= 0.6 is 0 Å². The van der Waals surface area contributed by atoms with Gasteiger partial charge in [0.25, 0.3) is 0 Å². The average molecular weight is 210 g/mol. The molecule has 2 aliphatic carbocycles. The van der Waals surface area contributed by atoms with Crippen LogP contribution in [-0.4, -0.2) is 24.6 Å². The van der Waals surface area contributed by atoms with Crippen molar-refractivity contribution >= 4 is 11.9 Å². The molecule has 0 amide bonds. The third kappa shape index (κ3) is 0.880. The summed E-state index contributed by atoms with van der Waals surface area (Å²) in [5, 5.41) is 0. The fraction of sp³-hybridized carbons (Fsp3) is 0.818. The van der Waals surface area contributed by atoms with Crippen LogP contribution in [0.3, 0.4) is 0 Å². The molecule has 4 nitrogen and oxygen atoms in total. The summed E-state index contributed by atoms with van der Waals surface area (Å²) in [7, 11) is 0. The van der Waals surface area contributed by atoms with E-state index in [1.54, 1.807) is 0 Å². The van der Waals surface area contributed by atoms with Crippen LogP contribution in [0, 0.1) is 16.7 Å². The van der Waals surface area contributed by atoms with Gasteiger partial charge in [-0.2, -0.15) is 0 Å². The highest BCUT2D eigenvalue weighted by Crippen LogP contribution is 2.80. The molecule has 4 atom stereocenters. The van der Waals surface area contributed by atoms with Crippen molar-refractivity contribution in [2.45, 2.75) is 32.8 Å². The van der Waals surface area contributed by atoms with Gasteiger partial charge in [-0.1, -0.05) is 6.92 Å². The smallest absolute Gasteiger partial charge is 0.310 e. The van der Waals surface area contributed by atoms with Crippen LogP contribution < -0.4 is 0 Å². The molecular formula is C11H14O4. The maximum atomic E-state index is 11.6. The maximum absolute atomic E-state index is 11.6. The van der Waals surface area contributed by atoms with Crippen molar-refractivity contribution in [3.8, 4) is 0 Å². The first kappa shape index (κ1) is 9.19. The van der Waals surface area contributed by atoms with Gasteiger partial charge < -0.3 is 9.47 Å². The fourth-order valence-corrected chi connectivity index (χ4v) is 3.80. The van der Waals surface area contributed by atoms with Crippen LogP contribution in [-0.2, 0) is 19.1 Å². The topological polar surface area (TPSA) is 52.6 Å². The second-order valence-electron chi connectivity index (χ2n) is 5.25. The number of carbonyl (C=O) groups is 2. The van der Waals surface area contributed by atoms with Crippen molar-refractivity contribution in [1.29, 1.82) is 0 Å². The summed E-state index contributed by atoms with van der Waals surface area (Å²) in [4.78, 5) is 22.4. The summed E-state index contributed by atoms with van der Waals surface area (Å²) in [5.41, 5.74) is -0.0683. The van der Waals surface area contributed by atoms with Crippen LogP contribution in [0.4, 0.5) is 0 Å². The minimum atomic E-state index is -0.269. The third-order valence-corrected chi connectivity index (χ3v) is 4.54. The summed E-state index contributed by atoms with van der Waals surface area (Å²) in [5.74, 6) is -0.392. The van der Waals surface area contributed by atoms with Crippen LogP contribution in [0.25, 0.3) is 0 Å². The number of carbonyl (C=O) groups excluding carboxylic acids is 2. The van der Waals surface area contributed by atoms with Crippen LogP contribution in [0.15, 0.2) is 0 Å². The number of hydrogen-bond acceptors (Lipinski definition) is 4. The molecule has 4 unspecified atom stereocenters. The largest absolute Gasteiger partial charge is 0.465 e. The van der Waals surface area contributed by atoms with Crippen LogP contribution in [0.2, 0.25) is 0 Å². The SMILES string of the molecule is CC(=O)OCC12CC3CC1(C)C2C(=O)O3. The van der Waals surface area contributed by atoms with Gasteiger partial charge in [0, 0.05) is 12.3 Å². The van der Waals surface area contributed by atoms with E-state index < -0.39 is 0 Å². The molecule has 0 aromatic carbocycles. The first-order chi connectivity index (χ1) is 6.99. The van der Waals surface area contributed by atoms with Crippen LogP contribution in [0.5, 0.6) is 0 Å². The van der Waals surface area contributed by atoms with E-state index >= 15 is 0 Å². The molecule has 4 fully saturated rings. The summed E-state index contributed by atoms with van der Waals surface area (Å²) in [6.07, 6.45) is 1.86. The van der Waals surface area contributed by atoms with E-state index in [9.17, 15) is 9.59 Å². The van der Waals surface area contributed by atoms with Crippen molar-refractivity contribution in [3.05, 3.63) is 0 Å². The normalized spacial score (nSPS) is 49.9. The Morgan fingerprint density at radius 2 is 2.33 bits per heavy atom. The third-order valence-electron chi connectivity index (χ3n) is 4.54. The molecule has 15 heavy (non-hydrogen) atoms. The zero-order valence-corrected chi connectivity index (χ0v) is 8.91. The lowest BCUT2D eigenvalue weighted by atomic mass is 9.97. The van der Waals surface area contributed by atoms with Gasteiger partial charge in [-0.25, -0.2) is 0 Å². The number of hydrogen-bond donors (Lipinski definition) is 0. The summed E-state index contributed by atoms with van der Waals surface area (Å²) < 4.78 is 10.3. The van der Waals surface area contributed by atoms with E-state index in [0.29, 0.717) is 6.61 Å². The molecule has 4 heteroatoms. The van der Waals surface area contributed by atoms with Gasteiger partial charge >= 0.3 is 11.9 Å². The molecule has 2 saturated carbocycles. The fourth-order valence-electron chi connectivity index (χ4n) is 3.80. The molecule has 2 aliphatic heterocycles. The molecule has 0 N–H and O–H groups in total. The average Bonchev–Trinajstić information content (AvgIpc) is 2.54. The molecule has 2 saturated heterocycles. The first-order valence-corrected chi connectivity index (χ1v) is 5.33. The molecule has 0 radical (unpaired) electrons. The lowest BCUT2D eigenvalue weighted by molar-refractivity contribution is -0.163. The Bertz CT molecular complexity index is 364. The van der Waals surface area contributed by atoms with Crippen molar-refractivity contribution in [3.63, 3.8) is 0 Å². The standard InChI is InChI=1S/C11H14O4/c1-6(12)14-5-11-4-7-3-10(11,2)8(11)9(13)15-7/h7-8H,3-5H2,1-2H3. The Morgan fingerprint density at radius 1 is 1.60 bits per heavy atom. The molecule has 0 aromatic rings. The predicted molar refractivity (Wildman–Crippen MR) is 49.8 cm³/mol. The summed E-state index contributed by atoms with van der Waals surface area (Å²) >= 11 is 0. The highest BCUT2D eigenvalue weighted by molar-refractivity contribution is 5.82. The number of rotatable bonds is 2. The zero-order chi connectivity index (χ0) is 10.8. The van der Waals surface area contributed by atoms with E-state index in [1.807, 2.05) is 0 Å². The predicted octanol–water partition coefficient (Wildman–Crippen LogP) is 0.891. The second kappa shape index (κ2) is 2.36. The highest BCUT2D eigenvalue weighted by atomic mass is 16.6. The number of ether oxygens (including phenoxy) is 2. The Kier molecular flexibility index (Phi) is 1.45. The van der Waals surface area contributed by atoms with Gasteiger partial charge in [-0.05, 0) is 18.3 Å². The molecule has 4 rings (SSSR count). The van der Waals surface area contributed by atoms with Crippen LogP contribution in [0.1, 0.15) is 26.7 Å². The minimum Gasteiger partial charge on any atom is -0.465 e. The van der Waals surface area contributed by atoms with Gasteiger partial charge in [-0.15, -0.1) is 0 Å². The van der Waals surface area contributed by atoms with E-state index in [0.717, 1.165) is 12.8 Å². The molecule has 0 spiro atoms. The summed E-state index contributed by atoms with van der Waals surface area (Å²) in [6.45, 7) is 3.90. The van der Waals surface area contributed by atoms with Crippen molar-refractivity contribution in [2.75, 3.05) is 6.61 Å².